The Morgan fingerprint density at radius 2 is 2.78 bits per heavy atom. The molecular weight excluding hydrogens is 118 g/mol. The number of aliphatic imine (C=N–C) groups is 1. The predicted molar refractivity (Wildman–Crippen MR) is 34.1 cm³/mol. The fourth-order valence-corrected chi connectivity index (χ4v) is 0.182. The molecule has 0 aliphatic rings. The molecule has 1 N–H and O–H groups in total. The molecule has 6 heteroatoms. The van der Waals surface area contributed by atoms with E-state index in [-0.39, 0.29) is 6.44 Å². The standard InChI is InChI=1S/C3H4B2N2O2/c4-3(8)7-2-6-1-5-9/h2H,1H2,(H,6,7,8)/i2T. The third-order valence-electron chi connectivity index (χ3n) is 0.431. The van der Waals surface area contributed by atoms with E-state index in [1.807, 2.05) is 0 Å². The van der Waals surface area contributed by atoms with Crippen LogP contribution in [0.4, 0.5) is 4.79 Å². The van der Waals surface area contributed by atoms with Crippen LogP contribution in [0, 0.1) is 0 Å². The zero-order chi connectivity index (χ0) is 7.98. The summed E-state index contributed by atoms with van der Waals surface area (Å²) < 4.78 is 16.5. The first-order chi connectivity index (χ1) is 4.66. The van der Waals surface area contributed by atoms with Crippen molar-refractivity contribution in [1.82, 2.24) is 5.32 Å². The van der Waals surface area contributed by atoms with Crippen molar-refractivity contribution in [3.8, 4) is 0 Å². The quantitative estimate of drug-likeness (QED) is 0.288. The molecule has 0 spiro atoms. The Kier molecular flexibility index (Phi) is 3.59. The van der Waals surface area contributed by atoms with Crippen LogP contribution >= 0.6 is 0 Å². The van der Waals surface area contributed by atoms with Gasteiger partial charge in [-0.15, -0.1) is 0 Å². The Balaban J connectivity index is 3.70. The molecule has 0 aliphatic heterocycles. The summed E-state index contributed by atoms with van der Waals surface area (Å²) in [4.78, 5) is 12.9. The summed E-state index contributed by atoms with van der Waals surface area (Å²) in [6.07, 6.45) is -0.449. The molecule has 0 fully saturated rings. The van der Waals surface area contributed by atoms with Gasteiger partial charge in [-0.05, 0) is 0 Å². The van der Waals surface area contributed by atoms with Gasteiger partial charge in [0.15, 0.2) is 0 Å². The summed E-state index contributed by atoms with van der Waals surface area (Å²) in [5, 5.41) is 2.21. The number of hydrogen-bond donors (Lipinski definition) is 1. The van der Waals surface area contributed by atoms with Crippen molar-refractivity contribution in [3.63, 3.8) is 0 Å². The first-order valence-electron chi connectivity index (χ1n) is 2.69. The monoisotopic (exact) mass is 124 g/mol. The summed E-state index contributed by atoms with van der Waals surface area (Å²) in [7, 11) is 5.14. The van der Waals surface area contributed by atoms with Crippen LogP contribution in [0.1, 0.15) is 1.37 Å². The average Bonchev–Trinajstić information content (AvgIpc) is 1.82. The van der Waals surface area contributed by atoms with E-state index in [9.17, 15) is 9.50 Å². The Hall–Kier alpha value is -0.930. The molecule has 2 radical (unpaired) electrons. The van der Waals surface area contributed by atoms with Gasteiger partial charge in [0.05, 0.1) is 0 Å². The summed E-state index contributed by atoms with van der Waals surface area (Å²) in [5.74, 6) is -0.955. The van der Waals surface area contributed by atoms with E-state index in [1.54, 1.807) is 0 Å². The number of nitrogens with one attached hydrogen (secondary N) is 1. The molecule has 0 unspecified atom stereocenters. The molecule has 0 rings (SSSR count). The van der Waals surface area contributed by atoms with Crippen LogP contribution in [0.25, 0.3) is 0 Å². The Morgan fingerprint density at radius 3 is 3.22 bits per heavy atom. The van der Waals surface area contributed by atoms with E-state index in [0.717, 1.165) is 0 Å². The second-order valence-corrected chi connectivity index (χ2v) is 1.11. The van der Waals surface area contributed by atoms with Gasteiger partial charge in [0.25, 0.3) is 0 Å². The molecule has 0 aromatic heterocycles. The number of amides is 1. The van der Waals surface area contributed by atoms with Gasteiger partial charge in [-0.2, -0.15) is 0 Å². The van der Waals surface area contributed by atoms with Crippen molar-refractivity contribution >= 4 is 27.1 Å². The van der Waals surface area contributed by atoms with E-state index in [2.05, 4.69) is 18.2 Å². The van der Waals surface area contributed by atoms with Gasteiger partial charge in [0.1, 0.15) is 0 Å². The number of nitrogens with zero attached hydrogens (tertiary/aromatic N) is 1. The molecule has 44 valence electrons. The topological polar surface area (TPSA) is 58.5 Å². The van der Waals surface area contributed by atoms with E-state index in [0.29, 0.717) is 7.15 Å². The van der Waals surface area contributed by atoms with Gasteiger partial charge in [-0.25, -0.2) is 0 Å². The average molecular weight is 124 g/mol. The van der Waals surface area contributed by atoms with Crippen molar-refractivity contribution in [2.45, 2.75) is 0 Å². The summed E-state index contributed by atoms with van der Waals surface area (Å²) in [6.45, 7) is 0. The van der Waals surface area contributed by atoms with Gasteiger partial charge in [-0.1, -0.05) is 0 Å². The Bertz CT molecular complexity index is 172. The molecule has 0 saturated carbocycles. The maximum absolute atomic E-state index is 9.96. The maximum atomic E-state index is 9.96. The van der Waals surface area contributed by atoms with Crippen molar-refractivity contribution < 1.29 is 10.9 Å². The van der Waals surface area contributed by atoms with Crippen molar-refractivity contribution in [3.05, 3.63) is 0 Å². The van der Waals surface area contributed by atoms with E-state index in [1.165, 1.54) is 0 Å². The predicted octanol–water partition coefficient (Wildman–Crippen LogP) is -1.10. The van der Waals surface area contributed by atoms with E-state index >= 15 is 0 Å². The van der Waals surface area contributed by atoms with Crippen LogP contribution in [-0.2, 0) is 4.70 Å². The fourth-order valence-electron chi connectivity index (χ4n) is 0.182. The molecular formula is C3H4B2N2O2. The van der Waals surface area contributed by atoms with Gasteiger partial charge in [0, 0.05) is 0 Å². The minimum atomic E-state index is -0.955. The molecule has 0 heterocycles. The second-order valence-electron chi connectivity index (χ2n) is 1.11. The number of carbonyl (C=O) groups is 1. The summed E-state index contributed by atoms with van der Waals surface area (Å²) in [5.41, 5.74) is 0. The Morgan fingerprint density at radius 1 is 2.11 bits per heavy atom. The zero-order valence-electron chi connectivity index (χ0n) is 5.63. The van der Waals surface area contributed by atoms with Gasteiger partial charge >= 0.3 is 54.7 Å². The second kappa shape index (κ2) is 5.21. The molecule has 0 saturated heterocycles. The minimum absolute atomic E-state index is 0.0460. The normalized spacial score (nSPS) is 11.6. The van der Waals surface area contributed by atoms with Crippen LogP contribution in [0.15, 0.2) is 4.99 Å². The van der Waals surface area contributed by atoms with Crippen LogP contribution < -0.4 is 5.32 Å². The zero-order valence-corrected chi connectivity index (χ0v) is 4.63. The first kappa shape index (κ1) is 6.19. The molecule has 1 amide bonds. The van der Waals surface area contributed by atoms with E-state index < -0.39 is 12.1 Å². The van der Waals surface area contributed by atoms with Crippen LogP contribution in [-0.4, -0.2) is 33.6 Å². The Labute approximate surface area is 55.8 Å². The number of amidine groups is 1. The summed E-state index contributed by atoms with van der Waals surface area (Å²) >= 11 is 0. The fraction of sp³-hybridized carbons (Fsp3) is 0.333. The van der Waals surface area contributed by atoms with E-state index in [4.69, 9.17) is 1.37 Å². The van der Waals surface area contributed by atoms with Crippen LogP contribution in [0.2, 0.25) is 0 Å². The summed E-state index contributed by atoms with van der Waals surface area (Å²) in [6, 6.07) is 0. The molecule has 4 nitrogen and oxygen atoms in total. The van der Waals surface area contributed by atoms with Gasteiger partial charge in [-0.3, -0.25) is 0 Å². The number of hydrogen-bond acceptors (Lipinski definition) is 2. The third-order valence-corrected chi connectivity index (χ3v) is 0.431. The molecule has 0 aliphatic carbocycles. The molecule has 0 aromatic rings. The van der Waals surface area contributed by atoms with Crippen molar-refractivity contribution in [2.24, 2.45) is 4.99 Å². The molecule has 0 bridgehead atoms. The van der Waals surface area contributed by atoms with Gasteiger partial charge in [0.2, 0.25) is 0 Å². The molecule has 0 aromatic carbocycles. The third kappa shape index (κ3) is 7.07. The van der Waals surface area contributed by atoms with Crippen molar-refractivity contribution in [2.75, 3.05) is 6.44 Å². The molecule has 0 atom stereocenters. The number of rotatable bonds is 2. The number of carbonyl (C=O) groups excluding carboxylic acids is 1. The van der Waals surface area contributed by atoms with Crippen LogP contribution in [0.5, 0.6) is 0 Å². The SMILES string of the molecule is [3H]C(=NC([B])=O)NCB=O. The first-order valence-corrected chi connectivity index (χ1v) is 2.19. The molecule has 9 heavy (non-hydrogen) atoms. The van der Waals surface area contributed by atoms with Crippen molar-refractivity contribution in [1.29, 1.82) is 0 Å². The van der Waals surface area contributed by atoms with Gasteiger partial charge < -0.3 is 0 Å². The van der Waals surface area contributed by atoms with Crippen LogP contribution in [0.3, 0.4) is 0 Å².